The lowest BCUT2D eigenvalue weighted by molar-refractivity contribution is -0.119. The van der Waals surface area contributed by atoms with E-state index in [0.29, 0.717) is 11.8 Å². The van der Waals surface area contributed by atoms with E-state index < -0.39 is 44.8 Å². The first kappa shape index (κ1) is 27.8. The third-order valence-electron chi connectivity index (χ3n) is 7.15. The molecule has 2 aliphatic rings. The number of carbonyl (C=O) groups excluding carboxylic acids is 1. The summed E-state index contributed by atoms with van der Waals surface area (Å²) < 4.78 is 73.3. The highest BCUT2D eigenvalue weighted by Crippen LogP contribution is 2.32. The van der Waals surface area contributed by atoms with Crippen molar-refractivity contribution in [1.82, 2.24) is 24.2 Å². The fraction of sp³-hybridized carbons (Fsp3) is 0.440. The summed E-state index contributed by atoms with van der Waals surface area (Å²) in [7, 11) is -2.91. The van der Waals surface area contributed by atoms with Gasteiger partial charge in [-0.15, -0.1) is 0 Å². The minimum Gasteiger partial charge on any atom is -0.354 e. The summed E-state index contributed by atoms with van der Waals surface area (Å²) in [6.45, 7) is 1.01. The first-order chi connectivity index (χ1) is 18.9. The van der Waals surface area contributed by atoms with E-state index in [-0.39, 0.29) is 54.7 Å². The molecule has 15 heteroatoms. The third-order valence-corrected chi connectivity index (χ3v) is 8.64. The van der Waals surface area contributed by atoms with Crippen LogP contribution in [0.15, 0.2) is 29.2 Å². The normalized spacial score (nSPS) is 21.6. The Hall–Kier alpha value is -3.72. The Balaban J connectivity index is 1.45. The van der Waals surface area contributed by atoms with Crippen LogP contribution in [-0.4, -0.2) is 64.5 Å². The number of pyridine rings is 1. The molecule has 0 bridgehead atoms. The van der Waals surface area contributed by atoms with Crippen LogP contribution < -0.4 is 20.9 Å². The fourth-order valence-corrected chi connectivity index (χ4v) is 6.47. The molecule has 1 saturated heterocycles. The van der Waals surface area contributed by atoms with Crippen molar-refractivity contribution in [1.29, 1.82) is 0 Å². The average molecular weight is 580 g/mol. The van der Waals surface area contributed by atoms with E-state index in [2.05, 4.69) is 20.6 Å². The van der Waals surface area contributed by atoms with E-state index in [0.717, 1.165) is 33.8 Å². The number of carbonyl (C=O) groups is 1. The van der Waals surface area contributed by atoms with E-state index in [9.17, 15) is 26.8 Å². The van der Waals surface area contributed by atoms with Gasteiger partial charge in [0.1, 0.15) is 17.6 Å². The Morgan fingerprint density at radius 2 is 1.90 bits per heavy atom. The molecule has 2 aromatic heterocycles. The lowest BCUT2D eigenvalue weighted by Gasteiger charge is -2.18. The molecule has 2 fully saturated rings. The van der Waals surface area contributed by atoms with Crippen molar-refractivity contribution in [2.75, 3.05) is 23.1 Å². The number of hydrogen-bond acceptors (Lipinski definition) is 7. The van der Waals surface area contributed by atoms with E-state index in [1.807, 2.05) is 4.72 Å². The van der Waals surface area contributed by atoms with Crippen molar-refractivity contribution in [3.05, 3.63) is 46.4 Å². The number of alkyl halides is 1. The van der Waals surface area contributed by atoms with Crippen molar-refractivity contribution in [2.24, 2.45) is 7.05 Å². The van der Waals surface area contributed by atoms with Crippen LogP contribution in [0.25, 0.3) is 22.2 Å². The molecule has 214 valence electrons. The van der Waals surface area contributed by atoms with E-state index in [1.54, 1.807) is 0 Å². The maximum atomic E-state index is 15.6. The molecule has 3 atom stereocenters. The standard InChI is InChI=1S/C25H28F3N7O4S/c1-13(36)30-16-3-4-17(10-16)31-25-29-11-14-9-18(24(37)34(2)23(14)32-25)21-19(27)5-6-20(22(21)28)33-40(38,39)35-8-7-15(26)12-35/h5-6,9,11,15-17,33H,3-4,7-8,10,12H2,1-2H3,(H,30,36)(H,29,31,32)/t15-,16-,17-/m1/s1. The van der Waals surface area contributed by atoms with Gasteiger partial charge in [0.25, 0.3) is 5.56 Å². The maximum absolute atomic E-state index is 15.6. The molecule has 0 unspecified atom stereocenters. The van der Waals surface area contributed by atoms with Crippen LogP contribution in [-0.2, 0) is 22.1 Å². The number of halogens is 3. The van der Waals surface area contributed by atoms with Gasteiger partial charge in [0.15, 0.2) is 5.82 Å². The van der Waals surface area contributed by atoms with Crippen LogP contribution in [0.5, 0.6) is 0 Å². The Labute approximate surface area is 228 Å². The second kappa shape index (κ2) is 10.7. The third kappa shape index (κ3) is 5.47. The molecule has 40 heavy (non-hydrogen) atoms. The van der Waals surface area contributed by atoms with Gasteiger partial charge in [-0.05, 0) is 43.9 Å². The van der Waals surface area contributed by atoms with Gasteiger partial charge in [-0.25, -0.2) is 18.2 Å². The predicted molar refractivity (Wildman–Crippen MR) is 143 cm³/mol. The Morgan fingerprint density at radius 3 is 2.60 bits per heavy atom. The predicted octanol–water partition coefficient (Wildman–Crippen LogP) is 2.44. The summed E-state index contributed by atoms with van der Waals surface area (Å²) in [6, 6.07) is 3.06. The first-order valence-electron chi connectivity index (χ1n) is 12.7. The zero-order chi connectivity index (χ0) is 28.8. The van der Waals surface area contributed by atoms with Gasteiger partial charge in [0.05, 0.1) is 16.8 Å². The smallest absolute Gasteiger partial charge is 0.301 e. The van der Waals surface area contributed by atoms with Gasteiger partial charge in [-0.2, -0.15) is 17.7 Å². The maximum Gasteiger partial charge on any atom is 0.301 e. The van der Waals surface area contributed by atoms with Crippen LogP contribution in [0, 0.1) is 11.6 Å². The monoisotopic (exact) mass is 579 g/mol. The number of aromatic nitrogens is 3. The molecule has 1 saturated carbocycles. The van der Waals surface area contributed by atoms with Crippen LogP contribution in [0.3, 0.4) is 0 Å². The first-order valence-corrected chi connectivity index (χ1v) is 14.2. The second-order valence-corrected chi connectivity index (χ2v) is 11.8. The van der Waals surface area contributed by atoms with Crippen LogP contribution in [0.1, 0.15) is 32.6 Å². The summed E-state index contributed by atoms with van der Waals surface area (Å²) in [6.07, 6.45) is 2.37. The number of amides is 1. The number of rotatable bonds is 7. The molecule has 11 nitrogen and oxygen atoms in total. The molecule has 3 aromatic rings. The zero-order valence-corrected chi connectivity index (χ0v) is 22.6. The SMILES string of the molecule is CC(=O)N[C@@H]1CC[C@@H](Nc2ncc3cc(-c4c(F)ccc(NS(=O)(=O)N5CC[C@@H](F)C5)c4F)c(=O)n(C)c3n2)C1. The van der Waals surface area contributed by atoms with Crippen molar-refractivity contribution < 1.29 is 26.4 Å². The highest BCUT2D eigenvalue weighted by Gasteiger charge is 2.32. The highest BCUT2D eigenvalue weighted by atomic mass is 32.2. The van der Waals surface area contributed by atoms with Crippen molar-refractivity contribution in [3.8, 4) is 11.1 Å². The van der Waals surface area contributed by atoms with Gasteiger partial charge < -0.3 is 10.6 Å². The molecule has 0 radical (unpaired) electrons. The number of fused-ring (bicyclic) bond motifs is 1. The molecule has 1 aliphatic carbocycles. The summed E-state index contributed by atoms with van der Waals surface area (Å²) in [5, 5.41) is 6.41. The van der Waals surface area contributed by atoms with Crippen molar-refractivity contribution in [3.63, 3.8) is 0 Å². The van der Waals surface area contributed by atoms with Crippen LogP contribution in [0.4, 0.5) is 24.8 Å². The molecule has 5 rings (SSSR count). The Morgan fingerprint density at radius 1 is 1.15 bits per heavy atom. The van der Waals surface area contributed by atoms with Gasteiger partial charge in [-0.1, -0.05) is 0 Å². The number of aryl methyl sites for hydroxylation is 1. The number of nitrogens with zero attached hydrogens (tertiary/aromatic N) is 4. The Bertz CT molecular complexity index is 1650. The topological polar surface area (TPSA) is 138 Å². The van der Waals surface area contributed by atoms with Gasteiger partial charge in [-0.3, -0.25) is 18.9 Å². The van der Waals surface area contributed by atoms with Crippen LogP contribution in [0.2, 0.25) is 0 Å². The molecule has 3 heterocycles. The fourth-order valence-electron chi connectivity index (χ4n) is 5.20. The molecule has 1 amide bonds. The van der Waals surface area contributed by atoms with Gasteiger partial charge in [0, 0.05) is 50.7 Å². The lowest BCUT2D eigenvalue weighted by atomic mass is 10.0. The summed E-state index contributed by atoms with van der Waals surface area (Å²) in [5.74, 6) is -2.20. The lowest BCUT2D eigenvalue weighted by Crippen LogP contribution is -2.34. The number of anilines is 2. The summed E-state index contributed by atoms with van der Waals surface area (Å²) in [4.78, 5) is 33.3. The number of nitrogens with one attached hydrogen (secondary N) is 3. The number of hydrogen-bond donors (Lipinski definition) is 3. The Kier molecular flexibility index (Phi) is 7.44. The summed E-state index contributed by atoms with van der Waals surface area (Å²) in [5.41, 5.74) is -2.19. The number of benzene rings is 1. The minimum absolute atomic E-state index is 0.0108. The molecular formula is C25H28F3N7O4S. The molecule has 3 N–H and O–H groups in total. The molecule has 0 spiro atoms. The van der Waals surface area contributed by atoms with Crippen molar-refractivity contribution >= 4 is 38.8 Å². The molecule has 1 aliphatic heterocycles. The zero-order valence-electron chi connectivity index (χ0n) is 21.7. The van der Waals surface area contributed by atoms with E-state index in [1.165, 1.54) is 26.2 Å². The molecular weight excluding hydrogens is 551 g/mol. The second-order valence-electron chi connectivity index (χ2n) is 10.1. The van der Waals surface area contributed by atoms with Crippen molar-refractivity contribution in [2.45, 2.75) is 50.9 Å². The summed E-state index contributed by atoms with van der Waals surface area (Å²) >= 11 is 0. The molecule has 1 aromatic carbocycles. The average Bonchev–Trinajstić information content (AvgIpc) is 3.53. The largest absolute Gasteiger partial charge is 0.354 e. The van der Waals surface area contributed by atoms with E-state index >= 15 is 4.39 Å². The van der Waals surface area contributed by atoms with E-state index in [4.69, 9.17) is 0 Å². The quantitative estimate of drug-likeness (QED) is 0.391. The van der Waals surface area contributed by atoms with Gasteiger partial charge >= 0.3 is 10.2 Å². The minimum atomic E-state index is -4.31. The van der Waals surface area contributed by atoms with Crippen LogP contribution >= 0.6 is 0 Å². The van der Waals surface area contributed by atoms with Gasteiger partial charge in [0.2, 0.25) is 11.9 Å². The highest BCUT2D eigenvalue weighted by molar-refractivity contribution is 7.90.